The molecule has 0 aliphatic carbocycles. The van der Waals surface area contributed by atoms with Gasteiger partial charge in [-0.15, -0.1) is 0 Å². The van der Waals surface area contributed by atoms with Crippen LogP contribution in [-0.4, -0.2) is 34.4 Å². The standard InChI is InChI=1S/C15H15BrO5/c1-18-9-6-5-8-7-10(19-2)12(15(17)21-4)14(20-3)11(8)13(9)16/h5-7H,1-4H3. The van der Waals surface area contributed by atoms with Crippen molar-refractivity contribution in [2.45, 2.75) is 0 Å². The number of methoxy groups -OCH3 is 4. The maximum absolute atomic E-state index is 12.1. The second-order valence-corrected chi connectivity index (χ2v) is 4.95. The minimum atomic E-state index is -0.527. The molecular formula is C15H15BrO5. The van der Waals surface area contributed by atoms with Crippen molar-refractivity contribution in [3.63, 3.8) is 0 Å². The molecule has 0 heterocycles. The molecule has 0 spiro atoms. The zero-order valence-electron chi connectivity index (χ0n) is 12.2. The molecule has 0 radical (unpaired) electrons. The van der Waals surface area contributed by atoms with Crippen LogP contribution in [0.4, 0.5) is 0 Å². The first-order chi connectivity index (χ1) is 10.1. The number of benzene rings is 2. The summed E-state index contributed by atoms with van der Waals surface area (Å²) in [5.41, 5.74) is 0.240. The van der Waals surface area contributed by atoms with Crippen LogP contribution >= 0.6 is 15.9 Å². The fraction of sp³-hybridized carbons (Fsp3) is 0.267. The molecule has 0 aliphatic rings. The lowest BCUT2D eigenvalue weighted by Gasteiger charge is -2.16. The van der Waals surface area contributed by atoms with Crippen LogP contribution in [0.2, 0.25) is 0 Å². The Hall–Kier alpha value is -1.95. The van der Waals surface area contributed by atoms with Crippen molar-refractivity contribution in [3.8, 4) is 17.2 Å². The topological polar surface area (TPSA) is 54.0 Å². The highest BCUT2D eigenvalue weighted by Gasteiger charge is 2.24. The van der Waals surface area contributed by atoms with Gasteiger partial charge in [0.25, 0.3) is 0 Å². The predicted molar refractivity (Wildman–Crippen MR) is 82.6 cm³/mol. The smallest absolute Gasteiger partial charge is 0.345 e. The summed E-state index contributed by atoms with van der Waals surface area (Å²) < 4.78 is 21.5. The van der Waals surface area contributed by atoms with E-state index < -0.39 is 5.97 Å². The molecule has 0 amide bonds. The van der Waals surface area contributed by atoms with E-state index in [0.29, 0.717) is 21.7 Å². The monoisotopic (exact) mass is 354 g/mol. The molecule has 2 aromatic carbocycles. The van der Waals surface area contributed by atoms with Crippen molar-refractivity contribution < 1.29 is 23.7 Å². The van der Waals surface area contributed by atoms with Gasteiger partial charge in [-0.3, -0.25) is 0 Å². The van der Waals surface area contributed by atoms with Gasteiger partial charge in [0.05, 0.1) is 32.9 Å². The highest BCUT2D eigenvalue weighted by Crippen LogP contribution is 2.44. The van der Waals surface area contributed by atoms with E-state index in [-0.39, 0.29) is 5.56 Å². The van der Waals surface area contributed by atoms with Crippen molar-refractivity contribution in [2.75, 3.05) is 28.4 Å². The van der Waals surface area contributed by atoms with E-state index in [0.717, 1.165) is 10.8 Å². The number of carbonyl (C=O) groups is 1. The third-order valence-corrected chi connectivity index (χ3v) is 3.95. The fourth-order valence-electron chi connectivity index (χ4n) is 2.19. The molecule has 21 heavy (non-hydrogen) atoms. The van der Waals surface area contributed by atoms with Gasteiger partial charge in [-0.1, -0.05) is 6.07 Å². The number of hydrogen-bond donors (Lipinski definition) is 0. The van der Waals surface area contributed by atoms with Crippen LogP contribution in [0.3, 0.4) is 0 Å². The average Bonchev–Trinajstić information content (AvgIpc) is 2.52. The van der Waals surface area contributed by atoms with Gasteiger partial charge in [0.15, 0.2) is 0 Å². The summed E-state index contributed by atoms with van der Waals surface area (Å²) in [7, 11) is 5.87. The lowest BCUT2D eigenvalue weighted by atomic mass is 10.0. The van der Waals surface area contributed by atoms with Crippen LogP contribution in [0.25, 0.3) is 10.8 Å². The Morgan fingerprint density at radius 1 is 1.00 bits per heavy atom. The van der Waals surface area contributed by atoms with Crippen LogP contribution in [-0.2, 0) is 4.74 Å². The Morgan fingerprint density at radius 2 is 1.67 bits per heavy atom. The van der Waals surface area contributed by atoms with Crippen molar-refractivity contribution in [1.29, 1.82) is 0 Å². The highest BCUT2D eigenvalue weighted by atomic mass is 79.9. The summed E-state index contributed by atoms with van der Waals surface area (Å²) in [5, 5.41) is 1.57. The number of ether oxygens (including phenoxy) is 4. The number of esters is 1. The maximum Gasteiger partial charge on any atom is 0.345 e. The molecule has 0 N–H and O–H groups in total. The zero-order chi connectivity index (χ0) is 15.6. The molecule has 0 fully saturated rings. The molecule has 2 rings (SSSR count). The Bertz CT molecular complexity index is 696. The molecule has 0 aromatic heterocycles. The largest absolute Gasteiger partial charge is 0.496 e. The number of carbonyl (C=O) groups excluding carboxylic acids is 1. The van der Waals surface area contributed by atoms with Gasteiger partial charge < -0.3 is 18.9 Å². The van der Waals surface area contributed by atoms with Gasteiger partial charge >= 0.3 is 5.97 Å². The maximum atomic E-state index is 12.1. The normalized spacial score (nSPS) is 10.3. The molecule has 0 saturated heterocycles. The van der Waals surface area contributed by atoms with E-state index in [2.05, 4.69) is 15.9 Å². The summed E-state index contributed by atoms with van der Waals surface area (Å²) in [6, 6.07) is 5.45. The van der Waals surface area contributed by atoms with E-state index in [1.807, 2.05) is 12.1 Å². The summed E-state index contributed by atoms with van der Waals surface area (Å²) in [6.07, 6.45) is 0. The Labute approximate surface area is 130 Å². The van der Waals surface area contributed by atoms with Crippen molar-refractivity contribution in [3.05, 3.63) is 28.2 Å². The number of hydrogen-bond acceptors (Lipinski definition) is 5. The second kappa shape index (κ2) is 6.22. The van der Waals surface area contributed by atoms with E-state index in [4.69, 9.17) is 18.9 Å². The molecule has 6 heteroatoms. The van der Waals surface area contributed by atoms with E-state index >= 15 is 0 Å². The minimum absolute atomic E-state index is 0.240. The first-order valence-corrected chi connectivity index (χ1v) is 6.87. The molecule has 0 atom stereocenters. The van der Waals surface area contributed by atoms with E-state index in [1.54, 1.807) is 13.2 Å². The SMILES string of the molecule is COC(=O)c1c(OC)cc2ccc(OC)c(Br)c2c1OC. The number of fused-ring (bicyclic) bond motifs is 1. The summed E-state index contributed by atoms with van der Waals surface area (Å²) in [4.78, 5) is 12.1. The fourth-order valence-corrected chi connectivity index (χ4v) is 2.89. The van der Waals surface area contributed by atoms with Gasteiger partial charge in [0, 0.05) is 5.39 Å². The minimum Gasteiger partial charge on any atom is -0.496 e. The van der Waals surface area contributed by atoms with Gasteiger partial charge in [-0.2, -0.15) is 0 Å². The summed E-state index contributed by atoms with van der Waals surface area (Å²) in [6.45, 7) is 0. The lowest BCUT2D eigenvalue weighted by molar-refractivity contribution is 0.0593. The van der Waals surface area contributed by atoms with Crippen molar-refractivity contribution in [1.82, 2.24) is 0 Å². The Morgan fingerprint density at radius 3 is 2.19 bits per heavy atom. The first kappa shape index (κ1) is 15.4. The summed E-state index contributed by atoms with van der Waals surface area (Å²) >= 11 is 3.49. The van der Waals surface area contributed by atoms with Crippen LogP contribution in [0.1, 0.15) is 10.4 Å². The molecule has 0 saturated carbocycles. The molecule has 112 valence electrons. The van der Waals surface area contributed by atoms with Gasteiger partial charge in [-0.05, 0) is 33.4 Å². The van der Waals surface area contributed by atoms with Gasteiger partial charge in [-0.25, -0.2) is 4.79 Å². The molecule has 0 aliphatic heterocycles. The second-order valence-electron chi connectivity index (χ2n) is 4.16. The molecule has 5 nitrogen and oxygen atoms in total. The van der Waals surface area contributed by atoms with Crippen LogP contribution in [0.5, 0.6) is 17.2 Å². The number of rotatable bonds is 4. The quantitative estimate of drug-likeness (QED) is 0.787. The third-order valence-electron chi connectivity index (χ3n) is 3.16. The Balaban J connectivity index is 2.94. The van der Waals surface area contributed by atoms with Crippen LogP contribution in [0.15, 0.2) is 22.7 Å². The highest BCUT2D eigenvalue weighted by molar-refractivity contribution is 9.10. The molecule has 2 aromatic rings. The van der Waals surface area contributed by atoms with Gasteiger partial charge in [0.1, 0.15) is 22.8 Å². The third kappa shape index (κ3) is 2.51. The van der Waals surface area contributed by atoms with Crippen molar-refractivity contribution >= 4 is 32.7 Å². The number of halogens is 1. The van der Waals surface area contributed by atoms with Crippen molar-refractivity contribution in [2.24, 2.45) is 0 Å². The first-order valence-electron chi connectivity index (χ1n) is 6.08. The molecule has 0 bridgehead atoms. The molecule has 0 unspecified atom stereocenters. The summed E-state index contributed by atoms with van der Waals surface area (Å²) in [5.74, 6) is 0.882. The lowest BCUT2D eigenvalue weighted by Crippen LogP contribution is -2.07. The van der Waals surface area contributed by atoms with E-state index in [9.17, 15) is 4.79 Å². The van der Waals surface area contributed by atoms with E-state index in [1.165, 1.54) is 21.3 Å². The van der Waals surface area contributed by atoms with Crippen LogP contribution < -0.4 is 14.2 Å². The Kier molecular flexibility index (Phi) is 4.57. The zero-order valence-corrected chi connectivity index (χ0v) is 13.7. The molecular weight excluding hydrogens is 340 g/mol. The average molecular weight is 355 g/mol. The predicted octanol–water partition coefficient (Wildman–Crippen LogP) is 3.41. The van der Waals surface area contributed by atoms with Crippen LogP contribution in [0, 0.1) is 0 Å². The van der Waals surface area contributed by atoms with Gasteiger partial charge in [0.2, 0.25) is 0 Å².